The van der Waals surface area contributed by atoms with E-state index in [1.54, 1.807) is 47.5 Å². The zero-order valence-corrected chi connectivity index (χ0v) is 17.1. The summed E-state index contributed by atoms with van der Waals surface area (Å²) in [6, 6.07) is 16.0. The molecule has 1 unspecified atom stereocenters. The van der Waals surface area contributed by atoms with Crippen LogP contribution in [0.1, 0.15) is 33.8 Å². The third-order valence-electron chi connectivity index (χ3n) is 5.15. The van der Waals surface area contributed by atoms with Crippen molar-refractivity contribution in [2.24, 2.45) is 5.73 Å². The number of hydrogen-bond acceptors (Lipinski definition) is 4. The van der Waals surface area contributed by atoms with Crippen molar-refractivity contribution in [1.82, 2.24) is 4.98 Å². The molecule has 3 aromatic rings. The molecule has 6 nitrogen and oxygen atoms in total. The third-order valence-corrected chi connectivity index (χ3v) is 5.39. The van der Waals surface area contributed by atoms with Crippen molar-refractivity contribution in [2.75, 3.05) is 11.4 Å². The first-order chi connectivity index (χ1) is 14.4. The van der Waals surface area contributed by atoms with E-state index in [4.69, 9.17) is 22.1 Å². The van der Waals surface area contributed by atoms with Gasteiger partial charge >= 0.3 is 0 Å². The molecule has 0 aliphatic carbocycles. The molecular formula is C23H20ClN3O3. The van der Waals surface area contributed by atoms with E-state index in [1.165, 1.54) is 0 Å². The summed E-state index contributed by atoms with van der Waals surface area (Å²) in [7, 11) is 0. The number of aryl methyl sites for hydroxylation is 1. The Balaban J connectivity index is 1.64. The van der Waals surface area contributed by atoms with Gasteiger partial charge in [0.05, 0.1) is 0 Å². The van der Waals surface area contributed by atoms with E-state index in [9.17, 15) is 9.59 Å². The van der Waals surface area contributed by atoms with Gasteiger partial charge < -0.3 is 15.4 Å². The van der Waals surface area contributed by atoms with Crippen molar-refractivity contribution >= 4 is 29.1 Å². The van der Waals surface area contributed by atoms with Crippen molar-refractivity contribution in [3.8, 4) is 11.6 Å². The van der Waals surface area contributed by atoms with Crippen molar-refractivity contribution in [2.45, 2.75) is 19.3 Å². The molecule has 0 bridgehead atoms. The van der Waals surface area contributed by atoms with Gasteiger partial charge in [0.1, 0.15) is 5.75 Å². The average molecular weight is 422 g/mol. The van der Waals surface area contributed by atoms with Gasteiger partial charge in [0.15, 0.2) is 0 Å². The van der Waals surface area contributed by atoms with Gasteiger partial charge in [-0.15, -0.1) is 0 Å². The maximum atomic E-state index is 12.8. The number of amides is 2. The Kier molecular flexibility index (Phi) is 5.42. The van der Waals surface area contributed by atoms with Gasteiger partial charge in [-0.1, -0.05) is 29.8 Å². The number of halogens is 1. The Bertz CT molecular complexity index is 1130. The van der Waals surface area contributed by atoms with Gasteiger partial charge in [0.2, 0.25) is 17.7 Å². The number of aromatic nitrogens is 1. The highest BCUT2D eigenvalue weighted by Gasteiger charge is 2.33. The van der Waals surface area contributed by atoms with Crippen molar-refractivity contribution in [3.05, 3.63) is 82.5 Å². The maximum absolute atomic E-state index is 12.8. The number of hydrogen-bond donors (Lipinski definition) is 1. The smallest absolute Gasteiger partial charge is 0.248 e. The summed E-state index contributed by atoms with van der Waals surface area (Å²) in [5, 5.41) is 0.540. The van der Waals surface area contributed by atoms with Crippen LogP contribution < -0.4 is 15.4 Å². The largest absolute Gasteiger partial charge is 0.438 e. The number of anilines is 1. The van der Waals surface area contributed by atoms with Crippen LogP contribution in [-0.4, -0.2) is 23.3 Å². The summed E-state index contributed by atoms with van der Waals surface area (Å²) < 4.78 is 6.07. The number of primary amides is 1. The van der Waals surface area contributed by atoms with E-state index in [0.717, 1.165) is 11.1 Å². The van der Waals surface area contributed by atoms with Gasteiger partial charge in [-0.2, -0.15) is 0 Å². The summed E-state index contributed by atoms with van der Waals surface area (Å²) in [6.07, 6.45) is 1.99. The van der Waals surface area contributed by atoms with Crippen LogP contribution in [0, 0.1) is 6.92 Å². The molecule has 2 N–H and O–H groups in total. The highest BCUT2D eigenvalue weighted by molar-refractivity contribution is 6.30. The lowest BCUT2D eigenvalue weighted by Gasteiger charge is -2.19. The summed E-state index contributed by atoms with van der Waals surface area (Å²) in [5.41, 5.74) is 8.17. The molecule has 2 amide bonds. The molecule has 1 aromatic heterocycles. The highest BCUT2D eigenvalue weighted by atomic mass is 35.5. The highest BCUT2D eigenvalue weighted by Crippen LogP contribution is 2.39. The molecule has 1 aliphatic rings. The number of carbonyl (C=O) groups excluding carboxylic acids is 2. The lowest BCUT2D eigenvalue weighted by Crippen LogP contribution is -2.24. The molecule has 0 radical (unpaired) electrons. The van der Waals surface area contributed by atoms with Crippen LogP contribution in [0.2, 0.25) is 5.02 Å². The molecule has 30 heavy (non-hydrogen) atoms. The molecular weight excluding hydrogens is 402 g/mol. The van der Waals surface area contributed by atoms with E-state index in [-0.39, 0.29) is 11.8 Å². The second-order valence-corrected chi connectivity index (χ2v) is 7.67. The second kappa shape index (κ2) is 8.16. The molecule has 1 aliphatic heterocycles. The fourth-order valence-electron chi connectivity index (χ4n) is 3.61. The first kappa shape index (κ1) is 19.9. The zero-order chi connectivity index (χ0) is 21.3. The van der Waals surface area contributed by atoms with Crippen LogP contribution in [0.4, 0.5) is 5.69 Å². The van der Waals surface area contributed by atoms with Crippen LogP contribution in [0.5, 0.6) is 11.6 Å². The Hall–Kier alpha value is -3.38. The van der Waals surface area contributed by atoms with Crippen LogP contribution in [0.15, 0.2) is 60.8 Å². The van der Waals surface area contributed by atoms with E-state index < -0.39 is 5.91 Å². The summed E-state index contributed by atoms with van der Waals surface area (Å²) in [5.74, 6) is 0.424. The fraction of sp³-hybridized carbons (Fsp3) is 0.174. The average Bonchev–Trinajstić information content (AvgIpc) is 3.11. The lowest BCUT2D eigenvalue weighted by molar-refractivity contribution is -0.117. The van der Waals surface area contributed by atoms with Gasteiger partial charge in [-0.25, -0.2) is 4.98 Å². The molecule has 0 saturated carbocycles. The number of benzene rings is 2. The molecule has 152 valence electrons. The number of carbonyl (C=O) groups is 2. The monoisotopic (exact) mass is 421 g/mol. The first-order valence-electron chi connectivity index (χ1n) is 9.51. The van der Waals surface area contributed by atoms with Crippen LogP contribution >= 0.6 is 11.6 Å². The topological polar surface area (TPSA) is 85.5 Å². The lowest BCUT2D eigenvalue weighted by atomic mass is 9.97. The summed E-state index contributed by atoms with van der Waals surface area (Å²) >= 11 is 6.21. The van der Waals surface area contributed by atoms with E-state index in [1.807, 2.05) is 25.1 Å². The molecule has 1 fully saturated rings. The van der Waals surface area contributed by atoms with Gasteiger partial charge in [-0.3, -0.25) is 9.59 Å². The first-order valence-corrected chi connectivity index (χ1v) is 9.89. The standard InChI is InChI=1S/C23H20ClN3O3/c1-14-4-3-9-26-23(14)30-20-12-17(24)7-8-19(20)16-11-21(28)27(13-16)18-6-2-5-15(10-18)22(25)29/h2-10,12,16H,11,13H2,1H3,(H2,25,29). The quantitative estimate of drug-likeness (QED) is 0.659. The maximum Gasteiger partial charge on any atom is 0.248 e. The van der Waals surface area contributed by atoms with Crippen molar-refractivity contribution in [1.29, 1.82) is 0 Å². The molecule has 2 aromatic carbocycles. The normalized spacial score (nSPS) is 16.0. The van der Waals surface area contributed by atoms with Gasteiger partial charge in [0.25, 0.3) is 0 Å². The SMILES string of the molecule is Cc1cccnc1Oc1cc(Cl)ccc1C1CC(=O)N(c2cccc(C(N)=O)c2)C1. The number of pyridine rings is 1. The minimum Gasteiger partial charge on any atom is -0.438 e. The van der Waals surface area contributed by atoms with Crippen LogP contribution in [0.3, 0.4) is 0 Å². The molecule has 7 heteroatoms. The minimum atomic E-state index is -0.529. The number of nitrogens with two attached hydrogens (primary N) is 1. The Morgan fingerprint density at radius 2 is 2.03 bits per heavy atom. The molecule has 2 heterocycles. The van der Waals surface area contributed by atoms with E-state index in [2.05, 4.69) is 4.98 Å². The predicted octanol–water partition coefficient (Wildman–Crippen LogP) is 4.46. The molecule has 1 atom stereocenters. The second-order valence-electron chi connectivity index (χ2n) is 7.23. The zero-order valence-electron chi connectivity index (χ0n) is 16.3. The predicted molar refractivity (Wildman–Crippen MR) is 115 cm³/mol. The molecule has 0 spiro atoms. The van der Waals surface area contributed by atoms with E-state index >= 15 is 0 Å². The van der Waals surface area contributed by atoms with Gasteiger partial charge in [-0.05, 0) is 43.3 Å². The Labute approximate surface area is 179 Å². The van der Waals surface area contributed by atoms with Crippen LogP contribution in [-0.2, 0) is 4.79 Å². The number of ether oxygens (including phenoxy) is 1. The Morgan fingerprint density at radius 3 is 2.80 bits per heavy atom. The van der Waals surface area contributed by atoms with E-state index in [0.29, 0.717) is 40.9 Å². The minimum absolute atomic E-state index is 0.0310. The summed E-state index contributed by atoms with van der Waals surface area (Å²) in [4.78, 5) is 30.2. The molecule has 4 rings (SSSR count). The van der Waals surface area contributed by atoms with Crippen LogP contribution in [0.25, 0.3) is 0 Å². The molecule has 1 saturated heterocycles. The fourth-order valence-corrected chi connectivity index (χ4v) is 3.77. The third kappa shape index (κ3) is 4.00. The van der Waals surface area contributed by atoms with Crippen molar-refractivity contribution in [3.63, 3.8) is 0 Å². The van der Waals surface area contributed by atoms with Crippen molar-refractivity contribution < 1.29 is 14.3 Å². The van der Waals surface area contributed by atoms with Gasteiger partial charge in [0, 0.05) is 52.5 Å². The Morgan fingerprint density at radius 1 is 1.20 bits per heavy atom. The number of nitrogens with zero attached hydrogens (tertiary/aromatic N) is 2. The number of rotatable bonds is 5. The summed E-state index contributed by atoms with van der Waals surface area (Å²) in [6.45, 7) is 2.37.